The zero-order chi connectivity index (χ0) is 18.4. The van der Waals surface area contributed by atoms with Crippen LogP contribution in [0.1, 0.15) is 16.7 Å². The number of benzene rings is 2. The Morgan fingerprint density at radius 1 is 1.08 bits per heavy atom. The van der Waals surface area contributed by atoms with E-state index in [1.54, 1.807) is 6.07 Å². The SMILES string of the molecule is Cc1ccc(Oc2c(Cl)cc(Cl)c3c2C=CC(C(F)(F)F)O3)c(C)c1. The van der Waals surface area contributed by atoms with E-state index in [9.17, 15) is 13.2 Å². The quantitative estimate of drug-likeness (QED) is 0.566. The van der Waals surface area contributed by atoms with Crippen LogP contribution in [0.2, 0.25) is 10.0 Å². The van der Waals surface area contributed by atoms with Crippen LogP contribution in [0, 0.1) is 13.8 Å². The van der Waals surface area contributed by atoms with E-state index in [1.165, 1.54) is 12.1 Å². The molecule has 0 aromatic heterocycles. The third-order valence-electron chi connectivity index (χ3n) is 3.72. The Kier molecular flexibility index (Phi) is 4.64. The van der Waals surface area contributed by atoms with Crippen LogP contribution >= 0.6 is 23.2 Å². The van der Waals surface area contributed by atoms with Crippen molar-refractivity contribution in [3.05, 3.63) is 57.1 Å². The van der Waals surface area contributed by atoms with E-state index in [0.717, 1.165) is 17.2 Å². The average molecular weight is 389 g/mol. The van der Waals surface area contributed by atoms with E-state index in [1.807, 2.05) is 26.0 Å². The van der Waals surface area contributed by atoms with Crippen LogP contribution in [0.4, 0.5) is 13.2 Å². The molecule has 1 atom stereocenters. The number of hydrogen-bond acceptors (Lipinski definition) is 2. The number of fused-ring (bicyclic) bond motifs is 1. The first kappa shape index (κ1) is 18.0. The summed E-state index contributed by atoms with van der Waals surface area (Å²) in [6, 6.07) is 6.88. The summed E-state index contributed by atoms with van der Waals surface area (Å²) in [5, 5.41) is 0.175. The minimum atomic E-state index is -4.54. The van der Waals surface area contributed by atoms with Crippen molar-refractivity contribution < 1.29 is 22.6 Å². The molecule has 0 saturated heterocycles. The molecule has 3 rings (SSSR count). The van der Waals surface area contributed by atoms with E-state index in [0.29, 0.717) is 5.75 Å². The molecule has 7 heteroatoms. The van der Waals surface area contributed by atoms with E-state index in [2.05, 4.69) is 0 Å². The Balaban J connectivity index is 2.05. The van der Waals surface area contributed by atoms with E-state index < -0.39 is 12.3 Å². The molecular formula is C18H13Cl2F3O2. The number of halogens is 5. The number of hydrogen-bond donors (Lipinski definition) is 0. The van der Waals surface area contributed by atoms with Crippen LogP contribution in [0.5, 0.6) is 17.2 Å². The second-order valence-electron chi connectivity index (χ2n) is 5.72. The third-order valence-corrected chi connectivity index (χ3v) is 4.29. The summed E-state index contributed by atoms with van der Waals surface area (Å²) in [4.78, 5) is 0. The molecule has 1 heterocycles. The van der Waals surface area contributed by atoms with E-state index in [-0.39, 0.29) is 27.1 Å². The number of rotatable bonds is 2. The molecule has 2 aromatic carbocycles. The number of aryl methyl sites for hydroxylation is 2. The van der Waals surface area contributed by atoms with Crippen molar-refractivity contribution in [2.45, 2.75) is 26.1 Å². The predicted octanol–water partition coefficient (Wildman–Crippen LogP) is 6.74. The fraction of sp³-hybridized carbons (Fsp3) is 0.222. The van der Waals surface area contributed by atoms with Gasteiger partial charge in [-0.25, -0.2) is 0 Å². The number of ether oxygens (including phenoxy) is 2. The molecule has 0 saturated carbocycles. The van der Waals surface area contributed by atoms with Crippen molar-refractivity contribution in [3.63, 3.8) is 0 Å². The Morgan fingerprint density at radius 3 is 2.44 bits per heavy atom. The summed E-state index contributed by atoms with van der Waals surface area (Å²) in [6.45, 7) is 3.81. The first-order chi connectivity index (χ1) is 11.7. The maximum Gasteiger partial charge on any atom is 0.429 e. The van der Waals surface area contributed by atoms with Crippen LogP contribution < -0.4 is 9.47 Å². The Hall–Kier alpha value is -1.85. The lowest BCUT2D eigenvalue weighted by atomic mass is 10.1. The highest BCUT2D eigenvalue weighted by Gasteiger charge is 2.42. The van der Waals surface area contributed by atoms with Crippen LogP contribution in [-0.2, 0) is 0 Å². The zero-order valence-electron chi connectivity index (χ0n) is 13.2. The Labute approximate surface area is 152 Å². The molecule has 132 valence electrons. The molecule has 25 heavy (non-hydrogen) atoms. The van der Waals surface area contributed by atoms with Gasteiger partial charge in [-0.05, 0) is 43.7 Å². The van der Waals surface area contributed by atoms with Gasteiger partial charge < -0.3 is 9.47 Å². The van der Waals surface area contributed by atoms with Crippen molar-refractivity contribution >= 4 is 29.3 Å². The first-order valence-electron chi connectivity index (χ1n) is 7.35. The molecule has 0 aliphatic carbocycles. The lowest BCUT2D eigenvalue weighted by Gasteiger charge is -2.26. The standard InChI is InChI=1S/C18H13Cl2F3O2/c1-9-3-5-14(10(2)7-9)24-16-11-4-6-15(18(21,22)23)25-17(11)13(20)8-12(16)19/h3-8,15H,1-2H3. The lowest BCUT2D eigenvalue weighted by Crippen LogP contribution is -2.34. The van der Waals surface area contributed by atoms with Gasteiger partial charge in [-0.2, -0.15) is 13.2 Å². The molecule has 0 bridgehead atoms. The van der Waals surface area contributed by atoms with Gasteiger partial charge in [0.1, 0.15) is 11.5 Å². The monoisotopic (exact) mass is 388 g/mol. The summed E-state index contributed by atoms with van der Waals surface area (Å²) < 4.78 is 49.6. The van der Waals surface area contributed by atoms with Gasteiger partial charge in [0.2, 0.25) is 6.10 Å². The highest BCUT2D eigenvalue weighted by atomic mass is 35.5. The van der Waals surface area contributed by atoms with Gasteiger partial charge in [0.15, 0.2) is 5.75 Å². The predicted molar refractivity (Wildman–Crippen MR) is 92.0 cm³/mol. The highest BCUT2D eigenvalue weighted by molar-refractivity contribution is 6.37. The molecule has 0 N–H and O–H groups in total. The van der Waals surface area contributed by atoms with E-state index >= 15 is 0 Å². The van der Waals surface area contributed by atoms with Crippen LogP contribution in [0.3, 0.4) is 0 Å². The second-order valence-corrected chi connectivity index (χ2v) is 6.54. The van der Waals surface area contributed by atoms with Gasteiger partial charge in [0.05, 0.1) is 15.6 Å². The smallest absolute Gasteiger partial charge is 0.429 e. The first-order valence-corrected chi connectivity index (χ1v) is 8.11. The molecule has 2 aromatic rings. The second kappa shape index (κ2) is 6.46. The Morgan fingerprint density at radius 2 is 1.80 bits per heavy atom. The molecule has 0 amide bonds. The van der Waals surface area contributed by atoms with Crippen molar-refractivity contribution in [3.8, 4) is 17.2 Å². The summed E-state index contributed by atoms with van der Waals surface area (Å²) in [7, 11) is 0. The van der Waals surface area contributed by atoms with Gasteiger partial charge in [-0.15, -0.1) is 0 Å². The molecule has 1 aliphatic heterocycles. The highest BCUT2D eigenvalue weighted by Crippen LogP contribution is 2.47. The molecule has 1 aliphatic rings. The summed E-state index contributed by atoms with van der Waals surface area (Å²) in [6.07, 6.45) is -4.42. The van der Waals surface area contributed by atoms with Gasteiger partial charge in [-0.3, -0.25) is 0 Å². The molecule has 1 unspecified atom stereocenters. The fourth-order valence-corrected chi connectivity index (χ4v) is 3.09. The largest absolute Gasteiger partial charge is 0.474 e. The molecular weight excluding hydrogens is 376 g/mol. The minimum absolute atomic E-state index is 0.00780. The van der Waals surface area contributed by atoms with Crippen molar-refractivity contribution in [1.82, 2.24) is 0 Å². The lowest BCUT2D eigenvalue weighted by molar-refractivity contribution is -0.180. The van der Waals surface area contributed by atoms with Crippen molar-refractivity contribution in [1.29, 1.82) is 0 Å². The van der Waals surface area contributed by atoms with Crippen LogP contribution in [0.25, 0.3) is 6.08 Å². The summed E-state index contributed by atoms with van der Waals surface area (Å²) >= 11 is 12.2. The van der Waals surface area contributed by atoms with E-state index in [4.69, 9.17) is 32.7 Å². The van der Waals surface area contributed by atoms with Gasteiger partial charge >= 0.3 is 6.18 Å². The Bertz CT molecular complexity index is 860. The third kappa shape index (κ3) is 3.58. The van der Waals surface area contributed by atoms with Crippen molar-refractivity contribution in [2.24, 2.45) is 0 Å². The van der Waals surface area contributed by atoms with Crippen LogP contribution in [-0.4, -0.2) is 12.3 Å². The summed E-state index contributed by atoms with van der Waals surface area (Å²) in [5.41, 5.74) is 2.21. The molecule has 0 radical (unpaired) electrons. The van der Waals surface area contributed by atoms with Crippen molar-refractivity contribution in [2.75, 3.05) is 0 Å². The number of alkyl halides is 3. The molecule has 2 nitrogen and oxygen atoms in total. The van der Waals surface area contributed by atoms with Crippen LogP contribution in [0.15, 0.2) is 30.3 Å². The average Bonchev–Trinajstić information content (AvgIpc) is 2.52. The van der Waals surface area contributed by atoms with Gasteiger partial charge in [0.25, 0.3) is 0 Å². The van der Waals surface area contributed by atoms with Gasteiger partial charge in [-0.1, -0.05) is 40.9 Å². The van der Waals surface area contributed by atoms with Gasteiger partial charge in [0, 0.05) is 0 Å². The maximum absolute atomic E-state index is 12.9. The normalized spacial score (nSPS) is 16.4. The minimum Gasteiger partial charge on any atom is -0.474 e. The fourth-order valence-electron chi connectivity index (χ4n) is 2.53. The molecule has 0 spiro atoms. The topological polar surface area (TPSA) is 18.5 Å². The summed E-state index contributed by atoms with van der Waals surface area (Å²) in [5.74, 6) is 0.643. The molecule has 0 fully saturated rings. The zero-order valence-corrected chi connectivity index (χ0v) is 14.8. The maximum atomic E-state index is 12.9.